The lowest BCUT2D eigenvalue weighted by atomic mass is 10.0. The third-order valence-corrected chi connectivity index (χ3v) is 6.68. The second kappa shape index (κ2) is 13.5. The van der Waals surface area contributed by atoms with E-state index in [2.05, 4.69) is 12.2 Å². The Bertz CT molecular complexity index is 1120. The van der Waals surface area contributed by atoms with Crippen molar-refractivity contribution < 1.29 is 9.59 Å². The fourth-order valence-electron chi connectivity index (χ4n) is 3.84. The Morgan fingerprint density at radius 2 is 1.54 bits per heavy atom. The largest absolute Gasteiger partial charge is 0.354 e. The summed E-state index contributed by atoms with van der Waals surface area (Å²) in [5.41, 5.74) is 2.33. The Kier molecular flexibility index (Phi) is 10.5. The van der Waals surface area contributed by atoms with Gasteiger partial charge >= 0.3 is 0 Å². The van der Waals surface area contributed by atoms with Gasteiger partial charge in [0.25, 0.3) is 0 Å². The molecule has 1 N–H and O–H groups in total. The quantitative estimate of drug-likeness (QED) is 0.278. The highest BCUT2D eigenvalue weighted by Gasteiger charge is 2.31. The number of carbonyl (C=O) groups is 2. The molecule has 0 heterocycles. The summed E-state index contributed by atoms with van der Waals surface area (Å²) in [6.07, 6.45) is 2.27. The van der Waals surface area contributed by atoms with Gasteiger partial charge in [-0.25, -0.2) is 0 Å². The molecule has 0 radical (unpaired) electrons. The molecule has 1 atom stereocenters. The number of hydrogen-bond donors (Lipinski definition) is 1. The molecule has 0 bridgehead atoms. The lowest BCUT2D eigenvalue weighted by Gasteiger charge is -2.32. The molecule has 7 heteroatoms. The molecule has 184 valence electrons. The van der Waals surface area contributed by atoms with Gasteiger partial charge in [0.1, 0.15) is 6.04 Å². The number of benzene rings is 3. The van der Waals surface area contributed by atoms with Crippen LogP contribution < -0.4 is 5.32 Å². The van der Waals surface area contributed by atoms with Crippen molar-refractivity contribution in [2.45, 2.75) is 45.2 Å². The first kappa shape index (κ1) is 27.1. The first-order chi connectivity index (χ1) is 16.9. The smallest absolute Gasteiger partial charge is 0.243 e. The van der Waals surface area contributed by atoms with Gasteiger partial charge in [0.2, 0.25) is 11.8 Å². The maximum atomic E-state index is 13.7. The Morgan fingerprint density at radius 3 is 2.20 bits per heavy atom. The molecule has 0 aromatic heterocycles. The van der Waals surface area contributed by atoms with Crippen molar-refractivity contribution >= 4 is 46.6 Å². The van der Waals surface area contributed by atoms with E-state index in [9.17, 15) is 9.59 Å². The van der Waals surface area contributed by atoms with Gasteiger partial charge in [-0.15, -0.1) is 0 Å². The molecule has 3 aromatic rings. The van der Waals surface area contributed by atoms with E-state index in [0.717, 1.165) is 24.0 Å². The Hall–Kier alpha value is -2.53. The van der Waals surface area contributed by atoms with E-state index in [1.165, 1.54) is 0 Å². The van der Waals surface area contributed by atoms with E-state index >= 15 is 0 Å². The molecule has 3 aromatic carbocycles. The highest BCUT2D eigenvalue weighted by Crippen LogP contribution is 2.27. The third-order valence-electron chi connectivity index (χ3n) is 5.74. The van der Waals surface area contributed by atoms with Gasteiger partial charge in [-0.2, -0.15) is 0 Å². The van der Waals surface area contributed by atoms with E-state index < -0.39 is 6.04 Å². The summed E-state index contributed by atoms with van der Waals surface area (Å²) in [5.74, 6) is -0.417. The lowest BCUT2D eigenvalue weighted by Crippen LogP contribution is -2.51. The maximum Gasteiger partial charge on any atom is 0.243 e. The van der Waals surface area contributed by atoms with Crippen molar-refractivity contribution in [1.82, 2.24) is 10.2 Å². The SMILES string of the molecule is CCCCNC(=O)[C@H](Cc1ccccc1)N(Cc1c(Cl)cccc1Cl)C(=O)Cc1cccc(Cl)c1. The van der Waals surface area contributed by atoms with Crippen LogP contribution in [-0.4, -0.2) is 29.3 Å². The highest BCUT2D eigenvalue weighted by molar-refractivity contribution is 6.36. The summed E-state index contributed by atoms with van der Waals surface area (Å²) in [6, 6.07) is 21.3. The first-order valence-electron chi connectivity index (χ1n) is 11.7. The Labute approximate surface area is 222 Å². The van der Waals surface area contributed by atoms with Gasteiger partial charge in [0.15, 0.2) is 0 Å². The van der Waals surface area contributed by atoms with E-state index in [4.69, 9.17) is 34.8 Å². The normalized spacial score (nSPS) is 11.7. The molecule has 0 aliphatic rings. The molecule has 35 heavy (non-hydrogen) atoms. The second-order valence-electron chi connectivity index (χ2n) is 8.38. The van der Waals surface area contributed by atoms with Crippen LogP contribution in [0.3, 0.4) is 0 Å². The van der Waals surface area contributed by atoms with Gasteiger partial charge in [0, 0.05) is 40.1 Å². The molecule has 0 aliphatic heterocycles. The molecular weight excluding hydrogens is 503 g/mol. The molecule has 0 aliphatic carbocycles. The minimum Gasteiger partial charge on any atom is -0.354 e. The van der Waals surface area contributed by atoms with Crippen LogP contribution in [0.5, 0.6) is 0 Å². The molecule has 0 fully saturated rings. The summed E-state index contributed by atoms with van der Waals surface area (Å²) in [4.78, 5) is 28.8. The maximum absolute atomic E-state index is 13.7. The average molecular weight is 532 g/mol. The third kappa shape index (κ3) is 7.99. The Morgan fingerprint density at radius 1 is 0.886 bits per heavy atom. The van der Waals surface area contributed by atoms with Gasteiger partial charge in [-0.1, -0.05) is 96.7 Å². The molecule has 0 spiro atoms. The van der Waals surface area contributed by atoms with Crippen molar-refractivity contribution in [3.05, 3.63) is 105 Å². The monoisotopic (exact) mass is 530 g/mol. The Balaban J connectivity index is 1.99. The fourth-order valence-corrected chi connectivity index (χ4v) is 4.57. The molecule has 0 unspecified atom stereocenters. The summed E-state index contributed by atoms with van der Waals surface area (Å²) < 4.78 is 0. The van der Waals surface area contributed by atoms with Gasteiger partial charge in [-0.05, 0) is 41.8 Å². The number of nitrogens with one attached hydrogen (secondary N) is 1. The second-order valence-corrected chi connectivity index (χ2v) is 9.63. The number of nitrogens with zero attached hydrogens (tertiary/aromatic N) is 1. The van der Waals surface area contributed by atoms with Crippen molar-refractivity contribution in [3.63, 3.8) is 0 Å². The number of amides is 2. The molecule has 0 saturated carbocycles. The lowest BCUT2D eigenvalue weighted by molar-refractivity contribution is -0.140. The summed E-state index contributed by atoms with van der Waals surface area (Å²) in [6.45, 7) is 2.72. The minimum absolute atomic E-state index is 0.0934. The fraction of sp³-hybridized carbons (Fsp3) is 0.286. The van der Waals surface area contributed by atoms with Crippen LogP contribution >= 0.6 is 34.8 Å². The zero-order valence-electron chi connectivity index (χ0n) is 19.6. The van der Waals surface area contributed by atoms with Crippen molar-refractivity contribution in [2.24, 2.45) is 0 Å². The van der Waals surface area contributed by atoms with Crippen LogP contribution in [0.4, 0.5) is 0 Å². The van der Waals surface area contributed by atoms with E-state index in [1.54, 1.807) is 41.3 Å². The number of halogens is 3. The van der Waals surface area contributed by atoms with Crippen LogP contribution in [0.25, 0.3) is 0 Å². The molecular formula is C28H29Cl3N2O2. The van der Waals surface area contributed by atoms with Crippen LogP contribution in [0.15, 0.2) is 72.8 Å². The summed E-state index contributed by atoms with van der Waals surface area (Å²) in [7, 11) is 0. The predicted octanol–water partition coefficient (Wildman–Crippen LogP) is 6.75. The minimum atomic E-state index is -0.742. The van der Waals surface area contributed by atoms with Crippen LogP contribution in [0.1, 0.15) is 36.5 Å². The number of carbonyl (C=O) groups excluding carboxylic acids is 2. The predicted molar refractivity (Wildman–Crippen MR) is 144 cm³/mol. The average Bonchev–Trinajstić information content (AvgIpc) is 2.83. The van der Waals surface area contributed by atoms with E-state index in [1.807, 2.05) is 36.4 Å². The van der Waals surface area contributed by atoms with Crippen LogP contribution in [0, 0.1) is 0 Å². The number of unbranched alkanes of at least 4 members (excludes halogenated alkanes) is 1. The van der Waals surface area contributed by atoms with Gasteiger partial charge < -0.3 is 10.2 Å². The zero-order chi connectivity index (χ0) is 25.2. The molecule has 0 saturated heterocycles. The van der Waals surface area contributed by atoms with Crippen molar-refractivity contribution in [2.75, 3.05) is 6.54 Å². The van der Waals surface area contributed by atoms with E-state index in [-0.39, 0.29) is 24.8 Å². The van der Waals surface area contributed by atoms with Gasteiger partial charge in [-0.3, -0.25) is 9.59 Å². The van der Waals surface area contributed by atoms with Gasteiger partial charge in [0.05, 0.1) is 6.42 Å². The summed E-state index contributed by atoms with van der Waals surface area (Å²) in [5, 5.41) is 4.45. The number of hydrogen-bond acceptors (Lipinski definition) is 2. The van der Waals surface area contributed by atoms with Crippen molar-refractivity contribution in [1.29, 1.82) is 0 Å². The standard InChI is InChI=1S/C28H29Cl3N2O2/c1-2-3-15-32-28(35)26(17-20-9-5-4-6-10-20)33(19-23-24(30)13-8-14-25(23)31)27(34)18-21-11-7-12-22(29)16-21/h4-14,16,26H,2-3,15,17-19H2,1H3,(H,32,35)/t26-/m0/s1. The van der Waals surface area contributed by atoms with Crippen molar-refractivity contribution in [3.8, 4) is 0 Å². The zero-order valence-corrected chi connectivity index (χ0v) is 21.9. The van der Waals surface area contributed by atoms with Crippen LogP contribution in [-0.2, 0) is 29.0 Å². The van der Waals surface area contributed by atoms with Crippen LogP contribution in [0.2, 0.25) is 15.1 Å². The topological polar surface area (TPSA) is 49.4 Å². The highest BCUT2D eigenvalue weighted by atomic mass is 35.5. The summed E-state index contributed by atoms with van der Waals surface area (Å²) >= 11 is 19.1. The molecule has 2 amide bonds. The molecule has 4 nitrogen and oxygen atoms in total. The number of rotatable bonds is 11. The molecule has 3 rings (SSSR count). The first-order valence-corrected chi connectivity index (χ1v) is 12.8. The van der Waals surface area contributed by atoms with E-state index in [0.29, 0.717) is 33.6 Å².